The van der Waals surface area contributed by atoms with Gasteiger partial charge in [-0.3, -0.25) is 0 Å². The Labute approximate surface area is 296 Å². The van der Waals surface area contributed by atoms with E-state index in [0.717, 1.165) is 67.1 Å². The molecule has 0 N–H and O–H groups in total. The maximum atomic E-state index is 5.82. The molecule has 4 nitrogen and oxygen atoms in total. The molecule has 0 unspecified atom stereocenters. The van der Waals surface area contributed by atoms with Gasteiger partial charge >= 0.3 is 0 Å². The summed E-state index contributed by atoms with van der Waals surface area (Å²) in [7, 11) is 3.99. The second-order valence-corrected chi connectivity index (χ2v) is 11.1. The van der Waals surface area contributed by atoms with Crippen LogP contribution in [0.3, 0.4) is 0 Å². The first-order valence-corrected chi connectivity index (χ1v) is 15.4. The Balaban J connectivity index is 0.000000144. The van der Waals surface area contributed by atoms with Crippen LogP contribution in [-0.4, -0.2) is 9.97 Å². The minimum Gasteiger partial charge on any atom is -0.500 e. The van der Waals surface area contributed by atoms with Crippen LogP contribution in [0.1, 0.15) is 17.0 Å². The summed E-state index contributed by atoms with van der Waals surface area (Å²) in [5.41, 5.74) is 11.3. The van der Waals surface area contributed by atoms with E-state index in [1.165, 1.54) is 5.56 Å². The van der Waals surface area contributed by atoms with Crippen molar-refractivity contribution < 1.29 is 29.1 Å². The van der Waals surface area contributed by atoms with Crippen molar-refractivity contribution >= 4 is 21.9 Å². The van der Waals surface area contributed by atoms with E-state index in [-0.39, 0.29) is 20.1 Å². The molecule has 0 saturated carbocycles. The fraction of sp³-hybridized carbons (Fsp3) is 0.0698. The van der Waals surface area contributed by atoms with Crippen LogP contribution in [0.5, 0.6) is 0 Å². The number of fused-ring (bicyclic) bond motifs is 3. The van der Waals surface area contributed by atoms with Gasteiger partial charge in [-0.2, -0.15) is 0 Å². The summed E-state index contributed by atoms with van der Waals surface area (Å²) in [6.45, 7) is 6.10. The summed E-state index contributed by atoms with van der Waals surface area (Å²) in [6, 6.07) is 53.7. The number of hydrogen-bond donors (Lipinski definition) is 0. The van der Waals surface area contributed by atoms with E-state index >= 15 is 0 Å². The van der Waals surface area contributed by atoms with E-state index in [1.807, 2.05) is 140 Å². The Kier molecular flexibility index (Phi) is 11.3. The molecule has 1 radical (unpaired) electrons. The zero-order valence-corrected chi connectivity index (χ0v) is 29.5. The fourth-order valence-electron chi connectivity index (χ4n) is 5.18. The van der Waals surface area contributed by atoms with Crippen molar-refractivity contribution in [3.05, 3.63) is 182 Å². The predicted molar refractivity (Wildman–Crippen MR) is 190 cm³/mol. The standard InChI is InChI=1S/C18H12NO.C13H12N.C12H10N.Ir/c1-12-8-9-19-16(10-12)13-6-7-18-15(11-13)14-4-2-3-5-17(14)20-18;1-11-7-6-10-13(14(11)2)12-8-4-3-5-9-12;1-10-6-5-9-12(13-10)11-7-3-2-4-8-11;/h2-5,7-11H,1H3;3-8,10H,2H2,1H3;2-7,9H,1H3;/q3*-1;. The van der Waals surface area contributed by atoms with Gasteiger partial charge in [0.05, 0.1) is 11.3 Å². The number of nitrogens with zero attached hydrogens (tertiary/aromatic N) is 3. The Hall–Kier alpha value is -5.35. The van der Waals surface area contributed by atoms with Crippen LogP contribution in [0.25, 0.3) is 55.7 Å². The normalized spacial score (nSPS) is 10.3. The fourth-order valence-corrected chi connectivity index (χ4v) is 5.18. The van der Waals surface area contributed by atoms with E-state index < -0.39 is 0 Å². The number of hydrogen-bond acceptors (Lipinski definition) is 3. The van der Waals surface area contributed by atoms with Crippen LogP contribution >= 0.6 is 0 Å². The molecular formula is C43H34IrN3O-3. The molecule has 0 aliphatic heterocycles. The number of para-hydroxylation sites is 1. The molecule has 5 heteroatoms. The molecule has 0 saturated heterocycles. The molecule has 0 amide bonds. The molecule has 48 heavy (non-hydrogen) atoms. The van der Waals surface area contributed by atoms with Crippen LogP contribution in [0, 0.1) is 46.0 Å². The Bertz CT molecular complexity index is 2250. The predicted octanol–water partition coefficient (Wildman–Crippen LogP) is 10.0. The molecule has 0 fully saturated rings. The maximum Gasteiger partial charge on any atom is 0.120 e. The van der Waals surface area contributed by atoms with Crippen LogP contribution < -0.4 is 4.57 Å². The van der Waals surface area contributed by atoms with Crippen molar-refractivity contribution in [3.63, 3.8) is 0 Å². The maximum absolute atomic E-state index is 5.82. The third-order valence-corrected chi connectivity index (χ3v) is 7.67. The van der Waals surface area contributed by atoms with Gasteiger partial charge in [-0.1, -0.05) is 65.0 Å². The second-order valence-electron chi connectivity index (χ2n) is 11.1. The van der Waals surface area contributed by atoms with Crippen LogP contribution in [0.15, 0.2) is 144 Å². The van der Waals surface area contributed by atoms with Gasteiger partial charge in [-0.05, 0) is 56.4 Å². The molecule has 0 spiro atoms. The molecule has 8 aromatic rings. The number of pyridine rings is 3. The molecule has 4 heterocycles. The number of furan rings is 1. The average Bonchev–Trinajstić information content (AvgIpc) is 3.49. The third-order valence-electron chi connectivity index (χ3n) is 7.67. The van der Waals surface area contributed by atoms with Crippen LogP contribution in [0.2, 0.25) is 0 Å². The van der Waals surface area contributed by atoms with Gasteiger partial charge in [-0.25, -0.2) is 0 Å². The number of aryl methyl sites for hydroxylation is 3. The number of rotatable bonds is 3. The Morgan fingerprint density at radius 2 is 1.35 bits per heavy atom. The van der Waals surface area contributed by atoms with E-state index in [0.29, 0.717) is 0 Å². The summed E-state index contributed by atoms with van der Waals surface area (Å²) >= 11 is 0. The van der Waals surface area contributed by atoms with E-state index in [2.05, 4.69) is 60.3 Å². The quantitative estimate of drug-likeness (QED) is 0.132. The molecule has 0 bridgehead atoms. The van der Waals surface area contributed by atoms with Crippen molar-refractivity contribution in [3.8, 4) is 33.8 Å². The SMILES string of the molecule is Cc1cccc(-c2[c-]cccc2)n1.Cc1ccnc(-c2[c-]cc3oc4ccccc4c3c2)c1.[CH2-][n+]1c(C)cccc1-c1[c-]cccc1.[Ir]. The van der Waals surface area contributed by atoms with Crippen molar-refractivity contribution in [2.45, 2.75) is 20.8 Å². The van der Waals surface area contributed by atoms with Crippen LogP contribution in [-0.2, 0) is 20.1 Å². The monoisotopic (exact) mass is 801 g/mol. The van der Waals surface area contributed by atoms with Crippen molar-refractivity contribution in [2.75, 3.05) is 0 Å². The van der Waals surface area contributed by atoms with E-state index in [9.17, 15) is 0 Å². The van der Waals surface area contributed by atoms with Gasteiger partial charge in [0.2, 0.25) is 0 Å². The molecule has 239 valence electrons. The van der Waals surface area contributed by atoms with Gasteiger partial charge in [-0.15, -0.1) is 90.0 Å². The Morgan fingerprint density at radius 3 is 2.08 bits per heavy atom. The number of benzene rings is 4. The van der Waals surface area contributed by atoms with Gasteiger partial charge in [0.1, 0.15) is 11.3 Å². The number of aromatic nitrogens is 3. The molecule has 8 rings (SSSR count). The van der Waals surface area contributed by atoms with Gasteiger partial charge in [0, 0.05) is 44.4 Å². The first-order valence-electron chi connectivity index (χ1n) is 15.4. The summed E-state index contributed by atoms with van der Waals surface area (Å²) in [6.07, 6.45) is 1.83. The van der Waals surface area contributed by atoms with E-state index in [4.69, 9.17) is 4.42 Å². The van der Waals surface area contributed by atoms with Crippen molar-refractivity contribution in [2.24, 2.45) is 0 Å². The topological polar surface area (TPSA) is 42.8 Å². The van der Waals surface area contributed by atoms with E-state index in [1.54, 1.807) is 0 Å². The Morgan fingerprint density at radius 1 is 0.625 bits per heavy atom. The largest absolute Gasteiger partial charge is 0.500 e. The minimum atomic E-state index is 0. The van der Waals surface area contributed by atoms with Crippen molar-refractivity contribution in [1.82, 2.24) is 9.97 Å². The van der Waals surface area contributed by atoms with Gasteiger partial charge in [0.15, 0.2) is 0 Å². The van der Waals surface area contributed by atoms with Gasteiger partial charge < -0.3 is 19.0 Å². The van der Waals surface area contributed by atoms with Crippen LogP contribution in [0.4, 0.5) is 0 Å². The molecule has 0 atom stereocenters. The summed E-state index contributed by atoms with van der Waals surface area (Å²) in [5, 5.41) is 2.24. The smallest absolute Gasteiger partial charge is 0.120 e. The van der Waals surface area contributed by atoms with Gasteiger partial charge in [0.25, 0.3) is 0 Å². The molecule has 0 aliphatic carbocycles. The summed E-state index contributed by atoms with van der Waals surface area (Å²) in [4.78, 5) is 8.83. The zero-order chi connectivity index (χ0) is 32.6. The first kappa shape index (κ1) is 34.0. The minimum absolute atomic E-state index is 0. The first-order chi connectivity index (χ1) is 23.0. The molecule has 0 aliphatic rings. The second kappa shape index (κ2) is 16.0. The van der Waals surface area contributed by atoms with Crippen molar-refractivity contribution in [1.29, 1.82) is 0 Å². The average molecular weight is 801 g/mol. The molecule has 4 aromatic carbocycles. The zero-order valence-electron chi connectivity index (χ0n) is 27.1. The molecular weight excluding hydrogens is 767 g/mol. The summed E-state index contributed by atoms with van der Waals surface area (Å²) < 4.78 is 7.74. The molecule has 4 aromatic heterocycles. The summed E-state index contributed by atoms with van der Waals surface area (Å²) in [5.74, 6) is 0. The third kappa shape index (κ3) is 8.13.